The highest BCUT2D eigenvalue weighted by Crippen LogP contribution is 2.23. The van der Waals surface area contributed by atoms with E-state index in [0.717, 1.165) is 0 Å². The smallest absolute Gasteiger partial charge is 0.412 e. The van der Waals surface area contributed by atoms with E-state index in [9.17, 15) is 14.4 Å². The first-order chi connectivity index (χ1) is 14.7. The zero-order valence-corrected chi connectivity index (χ0v) is 19.3. The normalized spacial score (nSPS) is 12.5. The fourth-order valence-electron chi connectivity index (χ4n) is 2.65. The summed E-state index contributed by atoms with van der Waals surface area (Å²) >= 11 is 0. The summed E-state index contributed by atoms with van der Waals surface area (Å²) in [5.74, 6) is -0.933. The lowest BCUT2D eigenvalue weighted by Gasteiger charge is -2.22. The van der Waals surface area contributed by atoms with Crippen LogP contribution in [0.1, 0.15) is 63.5 Å². The number of ether oxygens (including phenoxy) is 2. The highest BCUT2D eigenvalue weighted by molar-refractivity contribution is 6.07. The SMILES string of the molecule is CC(C)(C)OC(=O)Nc1ccccc1NC(=O)c1ccc(C(N)C(=O)OC(C)(C)C)cc1. The number of esters is 1. The number of carbonyl (C=O) groups is 3. The third kappa shape index (κ3) is 7.70. The standard InChI is InChI=1S/C24H31N3O5/c1-23(2,3)31-21(29)19(25)15-11-13-16(14-12-15)20(28)26-17-9-7-8-10-18(17)27-22(30)32-24(4,5)6/h7-14,19H,25H2,1-6H3,(H,26,28)(H,27,30). The van der Waals surface area contributed by atoms with E-state index >= 15 is 0 Å². The molecule has 1 unspecified atom stereocenters. The number of hydrogen-bond donors (Lipinski definition) is 3. The van der Waals surface area contributed by atoms with Crippen LogP contribution in [0.4, 0.5) is 16.2 Å². The Morgan fingerprint density at radius 1 is 0.781 bits per heavy atom. The van der Waals surface area contributed by atoms with Gasteiger partial charge in [-0.3, -0.25) is 10.1 Å². The van der Waals surface area contributed by atoms with Crippen LogP contribution in [0.2, 0.25) is 0 Å². The van der Waals surface area contributed by atoms with Gasteiger partial charge in [0.1, 0.15) is 17.2 Å². The number of rotatable bonds is 5. The Kier molecular flexibility index (Phi) is 7.64. The monoisotopic (exact) mass is 441 g/mol. The minimum atomic E-state index is -0.954. The van der Waals surface area contributed by atoms with Crippen LogP contribution in [-0.4, -0.2) is 29.2 Å². The minimum Gasteiger partial charge on any atom is -0.459 e. The van der Waals surface area contributed by atoms with Crippen molar-refractivity contribution in [1.82, 2.24) is 0 Å². The fourth-order valence-corrected chi connectivity index (χ4v) is 2.65. The van der Waals surface area contributed by atoms with Gasteiger partial charge in [-0.15, -0.1) is 0 Å². The van der Waals surface area contributed by atoms with Crippen molar-refractivity contribution in [3.63, 3.8) is 0 Å². The lowest BCUT2D eigenvalue weighted by molar-refractivity contribution is -0.156. The van der Waals surface area contributed by atoms with E-state index < -0.39 is 29.3 Å². The third-order valence-corrected chi connectivity index (χ3v) is 4.00. The van der Waals surface area contributed by atoms with Gasteiger partial charge < -0.3 is 20.5 Å². The molecule has 0 aliphatic rings. The van der Waals surface area contributed by atoms with Crippen LogP contribution in [0.15, 0.2) is 48.5 Å². The lowest BCUT2D eigenvalue weighted by atomic mass is 10.0. The van der Waals surface area contributed by atoms with Gasteiger partial charge in [-0.1, -0.05) is 24.3 Å². The quantitative estimate of drug-likeness (QED) is 0.582. The van der Waals surface area contributed by atoms with Crippen molar-refractivity contribution >= 4 is 29.3 Å². The maximum atomic E-state index is 12.7. The molecule has 0 radical (unpaired) electrons. The van der Waals surface area contributed by atoms with Crippen molar-refractivity contribution in [2.75, 3.05) is 10.6 Å². The predicted octanol–water partition coefficient (Wildman–Crippen LogP) is 4.63. The summed E-state index contributed by atoms with van der Waals surface area (Å²) in [6.07, 6.45) is -0.625. The highest BCUT2D eigenvalue weighted by atomic mass is 16.6. The fraction of sp³-hybridized carbons (Fsp3) is 0.375. The number of anilines is 2. The molecule has 0 fully saturated rings. The summed E-state index contributed by atoms with van der Waals surface area (Å²) in [4.78, 5) is 36.9. The maximum Gasteiger partial charge on any atom is 0.412 e. The van der Waals surface area contributed by atoms with Gasteiger partial charge in [-0.05, 0) is 71.4 Å². The van der Waals surface area contributed by atoms with Gasteiger partial charge in [0.05, 0.1) is 11.4 Å². The van der Waals surface area contributed by atoms with E-state index in [1.165, 1.54) is 0 Å². The molecular formula is C24H31N3O5. The first-order valence-electron chi connectivity index (χ1n) is 10.2. The molecule has 0 aromatic heterocycles. The molecule has 0 bridgehead atoms. The zero-order valence-electron chi connectivity index (χ0n) is 19.3. The van der Waals surface area contributed by atoms with Crippen molar-refractivity contribution in [3.8, 4) is 0 Å². The molecule has 32 heavy (non-hydrogen) atoms. The summed E-state index contributed by atoms with van der Waals surface area (Å²) in [6.45, 7) is 10.6. The van der Waals surface area contributed by atoms with Crippen LogP contribution >= 0.6 is 0 Å². The molecule has 1 atom stereocenters. The molecular weight excluding hydrogens is 410 g/mol. The Morgan fingerprint density at radius 3 is 1.78 bits per heavy atom. The van der Waals surface area contributed by atoms with Crippen LogP contribution in [0.25, 0.3) is 0 Å². The molecule has 2 aromatic rings. The summed E-state index contributed by atoms with van der Waals surface area (Å²) in [7, 11) is 0. The van der Waals surface area contributed by atoms with E-state index in [0.29, 0.717) is 22.5 Å². The van der Waals surface area contributed by atoms with Gasteiger partial charge in [0.2, 0.25) is 0 Å². The van der Waals surface area contributed by atoms with Gasteiger partial charge in [-0.2, -0.15) is 0 Å². The minimum absolute atomic E-state index is 0.359. The van der Waals surface area contributed by atoms with E-state index in [2.05, 4.69) is 10.6 Å². The van der Waals surface area contributed by atoms with Crippen LogP contribution in [-0.2, 0) is 14.3 Å². The molecule has 0 saturated carbocycles. The summed E-state index contributed by atoms with van der Waals surface area (Å²) < 4.78 is 10.6. The first-order valence-corrected chi connectivity index (χ1v) is 10.2. The Bertz CT molecular complexity index is 972. The largest absolute Gasteiger partial charge is 0.459 e. The van der Waals surface area contributed by atoms with E-state index in [1.54, 1.807) is 90.1 Å². The third-order valence-electron chi connectivity index (χ3n) is 4.00. The highest BCUT2D eigenvalue weighted by Gasteiger charge is 2.24. The van der Waals surface area contributed by atoms with Crippen LogP contribution in [0.5, 0.6) is 0 Å². The average molecular weight is 442 g/mol. The number of nitrogens with two attached hydrogens (primary N) is 1. The number of benzene rings is 2. The summed E-state index contributed by atoms with van der Waals surface area (Å²) in [5.41, 5.74) is 6.39. The van der Waals surface area contributed by atoms with E-state index in [1.807, 2.05) is 0 Å². The lowest BCUT2D eigenvalue weighted by Crippen LogP contribution is -2.31. The van der Waals surface area contributed by atoms with Crippen molar-refractivity contribution < 1.29 is 23.9 Å². The number of amides is 2. The average Bonchev–Trinajstić information content (AvgIpc) is 2.66. The molecule has 0 saturated heterocycles. The Hall–Kier alpha value is -3.39. The van der Waals surface area contributed by atoms with Crippen LogP contribution in [0, 0.1) is 0 Å². The summed E-state index contributed by atoms with van der Waals surface area (Å²) in [5, 5.41) is 5.40. The van der Waals surface area contributed by atoms with E-state index in [-0.39, 0.29) is 5.91 Å². The zero-order chi connectivity index (χ0) is 24.1. The Balaban J connectivity index is 2.09. The molecule has 0 spiro atoms. The second-order valence-corrected chi connectivity index (χ2v) is 9.26. The molecule has 8 nitrogen and oxygen atoms in total. The van der Waals surface area contributed by atoms with E-state index in [4.69, 9.17) is 15.2 Å². The number of para-hydroxylation sites is 2. The number of carbonyl (C=O) groups excluding carboxylic acids is 3. The second kappa shape index (κ2) is 9.82. The second-order valence-electron chi connectivity index (χ2n) is 9.26. The van der Waals surface area contributed by atoms with Crippen LogP contribution in [0.3, 0.4) is 0 Å². The molecule has 0 aliphatic heterocycles. The van der Waals surface area contributed by atoms with Gasteiger partial charge in [-0.25, -0.2) is 9.59 Å². The van der Waals surface area contributed by atoms with Gasteiger partial charge in [0, 0.05) is 5.56 Å². The molecule has 4 N–H and O–H groups in total. The molecule has 8 heteroatoms. The Labute approximate surface area is 188 Å². The molecule has 2 rings (SSSR count). The molecule has 2 aromatic carbocycles. The molecule has 172 valence electrons. The van der Waals surface area contributed by atoms with Crippen molar-refractivity contribution in [2.24, 2.45) is 5.73 Å². The predicted molar refractivity (Wildman–Crippen MR) is 123 cm³/mol. The number of nitrogens with one attached hydrogen (secondary N) is 2. The van der Waals surface area contributed by atoms with Crippen molar-refractivity contribution in [2.45, 2.75) is 58.8 Å². The van der Waals surface area contributed by atoms with Crippen LogP contribution < -0.4 is 16.4 Å². The first kappa shape index (κ1) is 24.9. The van der Waals surface area contributed by atoms with Crippen molar-refractivity contribution in [1.29, 1.82) is 0 Å². The van der Waals surface area contributed by atoms with Gasteiger partial charge >= 0.3 is 12.1 Å². The topological polar surface area (TPSA) is 120 Å². The maximum absolute atomic E-state index is 12.7. The molecule has 0 heterocycles. The summed E-state index contributed by atoms with van der Waals surface area (Å²) in [6, 6.07) is 12.2. The van der Waals surface area contributed by atoms with Crippen molar-refractivity contribution in [3.05, 3.63) is 59.7 Å². The molecule has 2 amide bonds. The molecule has 0 aliphatic carbocycles. The number of hydrogen-bond acceptors (Lipinski definition) is 6. The Morgan fingerprint density at radius 2 is 1.28 bits per heavy atom. The van der Waals surface area contributed by atoms with Gasteiger partial charge in [0.15, 0.2) is 0 Å². The van der Waals surface area contributed by atoms with Gasteiger partial charge in [0.25, 0.3) is 5.91 Å².